The summed E-state index contributed by atoms with van der Waals surface area (Å²) in [5.74, 6) is 0. The fraction of sp³-hybridized carbons (Fsp3) is 0.267. The molecule has 0 aliphatic heterocycles. The van der Waals surface area contributed by atoms with Crippen LogP contribution in [-0.2, 0) is 6.42 Å². The third-order valence-electron chi connectivity index (χ3n) is 2.91. The molecule has 1 unspecified atom stereocenters. The predicted octanol–water partition coefficient (Wildman–Crippen LogP) is 2.89. The molecular weight excluding hydrogens is 208 g/mol. The number of pyridine rings is 1. The number of rotatable bonds is 4. The van der Waals surface area contributed by atoms with E-state index in [0.717, 1.165) is 17.8 Å². The van der Waals surface area contributed by atoms with Gasteiger partial charge in [-0.3, -0.25) is 4.98 Å². The van der Waals surface area contributed by atoms with Gasteiger partial charge in [0.1, 0.15) is 0 Å². The van der Waals surface area contributed by atoms with E-state index in [1.54, 1.807) is 0 Å². The molecule has 0 amide bonds. The third kappa shape index (κ3) is 3.14. The molecule has 0 aliphatic rings. The summed E-state index contributed by atoms with van der Waals surface area (Å²) in [5.41, 5.74) is 3.51. The number of hydrogen-bond acceptors (Lipinski definition) is 2. The molecular formula is C15H18N2. The predicted molar refractivity (Wildman–Crippen MR) is 70.9 cm³/mol. The van der Waals surface area contributed by atoms with Gasteiger partial charge in [0, 0.05) is 23.9 Å². The smallest absolute Gasteiger partial charge is 0.0425 e. The molecule has 1 N–H and O–H groups in total. The molecule has 1 aromatic heterocycles. The lowest BCUT2D eigenvalue weighted by atomic mass is 10.0. The summed E-state index contributed by atoms with van der Waals surface area (Å²) in [5, 5.41) is 3.35. The van der Waals surface area contributed by atoms with Crippen LogP contribution in [0, 0.1) is 6.92 Å². The van der Waals surface area contributed by atoms with Crippen molar-refractivity contribution < 1.29 is 0 Å². The van der Waals surface area contributed by atoms with Crippen molar-refractivity contribution in [2.45, 2.75) is 19.4 Å². The van der Waals surface area contributed by atoms with Crippen molar-refractivity contribution in [2.24, 2.45) is 0 Å². The first-order chi connectivity index (χ1) is 8.29. The molecule has 0 aliphatic carbocycles. The van der Waals surface area contributed by atoms with E-state index < -0.39 is 0 Å². The van der Waals surface area contributed by atoms with Crippen molar-refractivity contribution in [1.29, 1.82) is 0 Å². The minimum atomic E-state index is 0.325. The summed E-state index contributed by atoms with van der Waals surface area (Å²) in [6, 6.07) is 17.0. The van der Waals surface area contributed by atoms with E-state index >= 15 is 0 Å². The van der Waals surface area contributed by atoms with Crippen LogP contribution in [0.15, 0.2) is 48.5 Å². The van der Waals surface area contributed by atoms with E-state index in [1.165, 1.54) is 5.56 Å². The van der Waals surface area contributed by atoms with Crippen LogP contribution in [0.3, 0.4) is 0 Å². The molecule has 2 nitrogen and oxygen atoms in total. The largest absolute Gasteiger partial charge is 0.313 e. The maximum Gasteiger partial charge on any atom is 0.0425 e. The van der Waals surface area contributed by atoms with Gasteiger partial charge in [-0.1, -0.05) is 36.4 Å². The lowest BCUT2D eigenvalue weighted by molar-refractivity contribution is 0.584. The number of nitrogens with one attached hydrogen (secondary N) is 1. The molecule has 2 rings (SSSR count). The van der Waals surface area contributed by atoms with Crippen molar-refractivity contribution >= 4 is 0 Å². The van der Waals surface area contributed by atoms with Gasteiger partial charge < -0.3 is 5.32 Å². The molecule has 0 saturated carbocycles. The van der Waals surface area contributed by atoms with Gasteiger partial charge in [0.15, 0.2) is 0 Å². The lowest BCUT2D eigenvalue weighted by Crippen LogP contribution is -2.19. The molecule has 2 heteroatoms. The summed E-state index contributed by atoms with van der Waals surface area (Å²) < 4.78 is 0. The number of aryl methyl sites for hydroxylation is 1. The van der Waals surface area contributed by atoms with E-state index in [1.807, 2.05) is 26.1 Å². The highest BCUT2D eigenvalue weighted by Crippen LogP contribution is 2.16. The van der Waals surface area contributed by atoms with Crippen LogP contribution < -0.4 is 5.32 Å². The van der Waals surface area contributed by atoms with Gasteiger partial charge in [-0.05, 0) is 31.7 Å². The van der Waals surface area contributed by atoms with Crippen LogP contribution in [0.4, 0.5) is 0 Å². The fourth-order valence-electron chi connectivity index (χ4n) is 1.99. The van der Waals surface area contributed by atoms with Crippen molar-refractivity contribution in [3.8, 4) is 0 Å². The molecule has 1 atom stereocenters. The number of benzene rings is 1. The Hall–Kier alpha value is -1.67. The van der Waals surface area contributed by atoms with Gasteiger partial charge >= 0.3 is 0 Å². The molecule has 1 heterocycles. The molecule has 88 valence electrons. The number of hydrogen-bond donors (Lipinski definition) is 1. The Morgan fingerprint density at radius 3 is 2.47 bits per heavy atom. The first kappa shape index (κ1) is 11.8. The van der Waals surface area contributed by atoms with E-state index in [4.69, 9.17) is 0 Å². The maximum absolute atomic E-state index is 4.55. The van der Waals surface area contributed by atoms with Crippen LogP contribution in [0.1, 0.15) is 23.0 Å². The Kier molecular flexibility index (Phi) is 3.89. The molecule has 0 spiro atoms. The van der Waals surface area contributed by atoms with Crippen LogP contribution in [-0.4, -0.2) is 12.0 Å². The number of aromatic nitrogens is 1. The standard InChI is InChI=1S/C15H18N2/c1-12-7-6-10-14(17-12)11-15(16-2)13-8-4-3-5-9-13/h3-10,15-16H,11H2,1-2H3. The zero-order valence-corrected chi connectivity index (χ0v) is 10.4. The highest BCUT2D eigenvalue weighted by atomic mass is 14.9. The molecule has 0 saturated heterocycles. The topological polar surface area (TPSA) is 24.9 Å². The summed E-state index contributed by atoms with van der Waals surface area (Å²) in [7, 11) is 1.99. The molecule has 2 aromatic rings. The van der Waals surface area contributed by atoms with Crippen molar-refractivity contribution in [2.75, 3.05) is 7.05 Å². The van der Waals surface area contributed by atoms with Crippen LogP contribution in [0.5, 0.6) is 0 Å². The maximum atomic E-state index is 4.55. The zero-order valence-electron chi connectivity index (χ0n) is 10.4. The highest BCUT2D eigenvalue weighted by molar-refractivity contribution is 5.21. The van der Waals surface area contributed by atoms with Crippen LogP contribution in [0.25, 0.3) is 0 Å². The summed E-state index contributed by atoms with van der Waals surface area (Å²) >= 11 is 0. The Balaban J connectivity index is 2.16. The molecule has 0 bridgehead atoms. The van der Waals surface area contributed by atoms with Gasteiger partial charge in [-0.25, -0.2) is 0 Å². The fourth-order valence-corrected chi connectivity index (χ4v) is 1.99. The van der Waals surface area contributed by atoms with Gasteiger partial charge in [0.05, 0.1) is 0 Å². The van der Waals surface area contributed by atoms with E-state index in [2.05, 4.69) is 46.7 Å². The number of likely N-dealkylation sites (N-methyl/N-ethyl adjacent to an activating group) is 1. The molecule has 1 aromatic carbocycles. The first-order valence-corrected chi connectivity index (χ1v) is 5.94. The average Bonchev–Trinajstić information content (AvgIpc) is 2.37. The number of nitrogens with zero attached hydrogens (tertiary/aromatic N) is 1. The summed E-state index contributed by atoms with van der Waals surface area (Å²) in [6.45, 7) is 2.03. The van der Waals surface area contributed by atoms with Crippen LogP contribution in [0.2, 0.25) is 0 Å². The zero-order chi connectivity index (χ0) is 12.1. The molecule has 17 heavy (non-hydrogen) atoms. The average molecular weight is 226 g/mol. The Labute approximate surface area is 103 Å². The van der Waals surface area contributed by atoms with Gasteiger partial charge in [-0.2, -0.15) is 0 Å². The molecule has 0 fully saturated rings. The lowest BCUT2D eigenvalue weighted by Gasteiger charge is -2.16. The second kappa shape index (κ2) is 5.60. The van der Waals surface area contributed by atoms with E-state index in [9.17, 15) is 0 Å². The van der Waals surface area contributed by atoms with Crippen molar-refractivity contribution in [3.63, 3.8) is 0 Å². The highest BCUT2D eigenvalue weighted by Gasteiger charge is 2.10. The summed E-state index contributed by atoms with van der Waals surface area (Å²) in [6.07, 6.45) is 0.919. The quantitative estimate of drug-likeness (QED) is 0.867. The monoisotopic (exact) mass is 226 g/mol. The SMILES string of the molecule is CNC(Cc1cccc(C)n1)c1ccccc1. The Morgan fingerprint density at radius 1 is 1.06 bits per heavy atom. The second-order valence-electron chi connectivity index (χ2n) is 4.23. The van der Waals surface area contributed by atoms with Crippen molar-refractivity contribution in [1.82, 2.24) is 10.3 Å². The van der Waals surface area contributed by atoms with Gasteiger partial charge in [-0.15, -0.1) is 0 Å². The Morgan fingerprint density at radius 2 is 1.82 bits per heavy atom. The minimum Gasteiger partial charge on any atom is -0.313 e. The first-order valence-electron chi connectivity index (χ1n) is 5.94. The van der Waals surface area contributed by atoms with Gasteiger partial charge in [0.25, 0.3) is 0 Å². The normalized spacial score (nSPS) is 12.4. The van der Waals surface area contributed by atoms with Gasteiger partial charge in [0.2, 0.25) is 0 Å². The molecule has 0 radical (unpaired) electrons. The Bertz CT molecular complexity index is 465. The van der Waals surface area contributed by atoms with Crippen molar-refractivity contribution in [3.05, 3.63) is 65.5 Å². The third-order valence-corrected chi connectivity index (χ3v) is 2.91. The van der Waals surface area contributed by atoms with E-state index in [0.29, 0.717) is 6.04 Å². The second-order valence-corrected chi connectivity index (χ2v) is 4.23. The summed E-state index contributed by atoms with van der Waals surface area (Å²) in [4.78, 5) is 4.55. The van der Waals surface area contributed by atoms with Crippen LogP contribution >= 0.6 is 0 Å². The van der Waals surface area contributed by atoms with E-state index in [-0.39, 0.29) is 0 Å². The minimum absolute atomic E-state index is 0.325.